The predicted octanol–water partition coefficient (Wildman–Crippen LogP) is 6.52. The number of hydrogen-bond donors (Lipinski definition) is 1. The molecule has 1 saturated heterocycles. The topological polar surface area (TPSA) is 32.8 Å². The van der Waals surface area contributed by atoms with Gasteiger partial charge in [0.05, 0.1) is 17.8 Å². The van der Waals surface area contributed by atoms with Crippen LogP contribution < -0.4 is 0 Å². The highest BCUT2D eigenvalue weighted by atomic mass is 16.6. The van der Waals surface area contributed by atoms with Crippen LogP contribution in [0.15, 0.2) is 11.6 Å². The van der Waals surface area contributed by atoms with Crippen LogP contribution in [0.25, 0.3) is 0 Å². The molecule has 2 nitrogen and oxygen atoms in total. The molecule has 5 aliphatic rings. The van der Waals surface area contributed by atoms with Gasteiger partial charge in [-0.2, -0.15) is 0 Å². The minimum absolute atomic E-state index is 0.0862. The third-order valence-corrected chi connectivity index (χ3v) is 10.9. The third kappa shape index (κ3) is 3.18. The lowest BCUT2D eigenvalue weighted by Gasteiger charge is -2.58. The summed E-state index contributed by atoms with van der Waals surface area (Å²) in [6.07, 6.45) is 15.8. The molecule has 1 N–H and O–H groups in total. The van der Waals surface area contributed by atoms with Gasteiger partial charge in [0.2, 0.25) is 0 Å². The normalized spacial score (nSPS) is 51.4. The Morgan fingerprint density at radius 3 is 2.55 bits per heavy atom. The Morgan fingerprint density at radius 2 is 1.83 bits per heavy atom. The van der Waals surface area contributed by atoms with Gasteiger partial charge < -0.3 is 9.84 Å². The van der Waals surface area contributed by atoms with Crippen molar-refractivity contribution in [3.05, 3.63) is 11.6 Å². The first-order valence-corrected chi connectivity index (χ1v) is 12.7. The van der Waals surface area contributed by atoms with Crippen LogP contribution in [0, 0.1) is 40.4 Å². The molecule has 5 rings (SSSR count). The average Bonchev–Trinajstić information content (AvgIpc) is 3.11. The van der Waals surface area contributed by atoms with Gasteiger partial charge in [-0.1, -0.05) is 32.4 Å². The predicted molar refractivity (Wildman–Crippen MR) is 119 cm³/mol. The van der Waals surface area contributed by atoms with Gasteiger partial charge in [-0.15, -0.1) is 0 Å². The van der Waals surface area contributed by atoms with E-state index in [1.54, 1.807) is 5.57 Å². The van der Waals surface area contributed by atoms with Crippen LogP contribution in [-0.4, -0.2) is 22.9 Å². The number of aliphatic hydroxyl groups is 1. The highest BCUT2D eigenvalue weighted by Crippen LogP contribution is 2.67. The zero-order valence-electron chi connectivity index (χ0n) is 19.5. The standard InChI is InChI=1S/C27H44O2/c1-17(6-11-24-25(2,3)29-24)21-9-10-22-20-8-7-18-16-19(28)12-14-26(18,4)23(20)13-15-27(21,22)5/h7,17,19-24,28H,6,8-16H2,1-5H3/t17-,19?,20+,21-,22+,23+,24?,26+,27-/m1/s1. The van der Waals surface area contributed by atoms with E-state index >= 15 is 0 Å². The molecule has 164 valence electrons. The number of epoxide rings is 1. The monoisotopic (exact) mass is 400 g/mol. The number of ether oxygens (including phenoxy) is 1. The molecule has 0 aromatic carbocycles. The number of aliphatic hydroxyl groups excluding tert-OH is 1. The van der Waals surface area contributed by atoms with E-state index in [-0.39, 0.29) is 11.7 Å². The van der Waals surface area contributed by atoms with Crippen LogP contribution in [0.1, 0.15) is 98.8 Å². The molecule has 29 heavy (non-hydrogen) atoms. The zero-order valence-corrected chi connectivity index (χ0v) is 19.5. The molecule has 0 radical (unpaired) electrons. The number of hydrogen-bond acceptors (Lipinski definition) is 2. The Kier molecular flexibility index (Phi) is 4.84. The highest BCUT2D eigenvalue weighted by Gasteiger charge is 2.59. The van der Waals surface area contributed by atoms with Crippen LogP contribution in [-0.2, 0) is 4.74 Å². The van der Waals surface area contributed by atoms with E-state index in [9.17, 15) is 5.11 Å². The van der Waals surface area contributed by atoms with Crippen molar-refractivity contribution < 1.29 is 9.84 Å². The molecule has 3 saturated carbocycles. The van der Waals surface area contributed by atoms with Gasteiger partial charge in [0.1, 0.15) is 0 Å². The van der Waals surface area contributed by atoms with Gasteiger partial charge in [0.15, 0.2) is 0 Å². The Morgan fingerprint density at radius 1 is 1.07 bits per heavy atom. The Labute approximate surface area is 178 Å². The van der Waals surface area contributed by atoms with Crippen LogP contribution >= 0.6 is 0 Å². The maximum absolute atomic E-state index is 10.2. The lowest BCUT2D eigenvalue weighted by atomic mass is 9.47. The molecule has 2 heteroatoms. The first-order valence-electron chi connectivity index (χ1n) is 12.7. The van der Waals surface area contributed by atoms with E-state index in [0.717, 1.165) is 42.4 Å². The van der Waals surface area contributed by atoms with Gasteiger partial charge in [-0.25, -0.2) is 0 Å². The summed E-state index contributed by atoms with van der Waals surface area (Å²) in [7, 11) is 0. The molecular formula is C27H44O2. The lowest BCUT2D eigenvalue weighted by Crippen LogP contribution is -2.50. The number of fused-ring (bicyclic) bond motifs is 5. The van der Waals surface area contributed by atoms with E-state index in [1.807, 2.05) is 0 Å². The van der Waals surface area contributed by atoms with Crippen LogP contribution in [0.4, 0.5) is 0 Å². The van der Waals surface area contributed by atoms with Crippen molar-refractivity contribution in [1.82, 2.24) is 0 Å². The van der Waals surface area contributed by atoms with Crippen molar-refractivity contribution in [2.45, 2.75) is 117 Å². The second-order valence-corrected chi connectivity index (χ2v) is 12.6. The molecule has 1 heterocycles. The summed E-state index contributed by atoms with van der Waals surface area (Å²) in [6.45, 7) is 12.3. The molecule has 0 aromatic heterocycles. The summed E-state index contributed by atoms with van der Waals surface area (Å²) in [5.41, 5.74) is 2.68. The van der Waals surface area contributed by atoms with Gasteiger partial charge in [-0.05, 0) is 118 Å². The summed E-state index contributed by atoms with van der Waals surface area (Å²) in [4.78, 5) is 0. The van der Waals surface area contributed by atoms with Crippen molar-refractivity contribution >= 4 is 0 Å². The summed E-state index contributed by atoms with van der Waals surface area (Å²) in [5.74, 6) is 4.41. The lowest BCUT2D eigenvalue weighted by molar-refractivity contribution is -0.0573. The highest BCUT2D eigenvalue weighted by molar-refractivity contribution is 5.25. The van der Waals surface area contributed by atoms with E-state index in [0.29, 0.717) is 16.9 Å². The van der Waals surface area contributed by atoms with Gasteiger partial charge in [-0.3, -0.25) is 0 Å². The minimum atomic E-state index is -0.0862. The first kappa shape index (κ1) is 20.6. The van der Waals surface area contributed by atoms with Gasteiger partial charge in [0.25, 0.3) is 0 Å². The Hall–Kier alpha value is -0.340. The summed E-state index contributed by atoms with van der Waals surface area (Å²) >= 11 is 0. The van der Waals surface area contributed by atoms with Crippen LogP contribution in [0.3, 0.4) is 0 Å². The van der Waals surface area contributed by atoms with Crippen molar-refractivity contribution in [2.75, 3.05) is 0 Å². The number of rotatable bonds is 4. The van der Waals surface area contributed by atoms with Crippen molar-refractivity contribution in [3.63, 3.8) is 0 Å². The molecule has 0 bridgehead atoms. The average molecular weight is 401 g/mol. The van der Waals surface area contributed by atoms with Gasteiger partial charge in [0, 0.05) is 0 Å². The zero-order chi connectivity index (χ0) is 20.6. The fourth-order valence-electron chi connectivity index (χ4n) is 8.97. The van der Waals surface area contributed by atoms with Crippen molar-refractivity contribution in [1.29, 1.82) is 0 Å². The number of allylic oxidation sites excluding steroid dienone is 1. The molecule has 1 aliphatic heterocycles. The molecule has 4 aliphatic carbocycles. The maximum atomic E-state index is 10.2. The second kappa shape index (κ2) is 6.83. The van der Waals surface area contributed by atoms with Crippen molar-refractivity contribution in [3.8, 4) is 0 Å². The SMILES string of the molecule is C[C@H](CCC1OC1(C)C)[C@H]1CC[C@H]2[C@@H]3CC=C4CC(O)CC[C@]4(C)[C@H]3CC[C@]12C. The van der Waals surface area contributed by atoms with Gasteiger partial charge >= 0.3 is 0 Å². The van der Waals surface area contributed by atoms with Crippen molar-refractivity contribution in [2.24, 2.45) is 40.4 Å². The summed E-state index contributed by atoms with van der Waals surface area (Å²) < 4.78 is 5.86. The van der Waals surface area contributed by atoms with E-state index in [2.05, 4.69) is 40.7 Å². The molecule has 0 aromatic rings. The fraction of sp³-hybridized carbons (Fsp3) is 0.926. The molecule has 4 fully saturated rings. The Balaban J connectivity index is 1.30. The second-order valence-electron chi connectivity index (χ2n) is 12.6. The largest absolute Gasteiger partial charge is 0.393 e. The van der Waals surface area contributed by atoms with E-state index in [4.69, 9.17) is 4.74 Å². The van der Waals surface area contributed by atoms with Crippen LogP contribution in [0.5, 0.6) is 0 Å². The minimum Gasteiger partial charge on any atom is -0.393 e. The van der Waals surface area contributed by atoms with E-state index in [1.165, 1.54) is 51.4 Å². The first-order chi connectivity index (χ1) is 13.6. The molecular weight excluding hydrogens is 356 g/mol. The third-order valence-electron chi connectivity index (χ3n) is 10.9. The summed E-state index contributed by atoms with van der Waals surface area (Å²) in [6, 6.07) is 0. The fourth-order valence-corrected chi connectivity index (χ4v) is 8.97. The molecule has 0 spiro atoms. The van der Waals surface area contributed by atoms with Crippen LogP contribution in [0.2, 0.25) is 0 Å². The quantitative estimate of drug-likeness (QED) is 0.430. The molecule has 2 unspecified atom stereocenters. The smallest absolute Gasteiger partial charge is 0.0892 e. The maximum Gasteiger partial charge on any atom is 0.0892 e. The van der Waals surface area contributed by atoms with E-state index < -0.39 is 0 Å². The Bertz CT molecular complexity index is 680. The summed E-state index contributed by atoms with van der Waals surface area (Å²) in [5, 5.41) is 10.2. The molecule has 9 atom stereocenters. The molecule has 0 amide bonds.